The zero-order valence-electron chi connectivity index (χ0n) is 12.5. The molecule has 4 rings (SSSR count). The van der Waals surface area contributed by atoms with Crippen LogP contribution in [-0.2, 0) is 0 Å². The van der Waals surface area contributed by atoms with E-state index in [2.05, 4.69) is 22.0 Å². The highest BCUT2D eigenvalue weighted by Gasteiger charge is 2.29. The van der Waals surface area contributed by atoms with Crippen molar-refractivity contribution < 1.29 is 9.15 Å². The van der Waals surface area contributed by atoms with E-state index in [9.17, 15) is 0 Å². The van der Waals surface area contributed by atoms with Gasteiger partial charge in [-0.1, -0.05) is 24.3 Å². The van der Waals surface area contributed by atoms with E-state index >= 15 is 0 Å². The fourth-order valence-electron chi connectivity index (χ4n) is 3.15. The predicted molar refractivity (Wildman–Crippen MR) is 86.3 cm³/mol. The SMILES string of the molecule is COc1ccc([C@@H]2CCCN2c2nc3ccccc3o2)cc1. The van der Waals surface area contributed by atoms with Gasteiger partial charge >= 0.3 is 0 Å². The van der Waals surface area contributed by atoms with Crippen LogP contribution in [0.2, 0.25) is 0 Å². The fourth-order valence-corrected chi connectivity index (χ4v) is 3.15. The monoisotopic (exact) mass is 294 g/mol. The summed E-state index contributed by atoms with van der Waals surface area (Å²) in [6.45, 7) is 0.976. The van der Waals surface area contributed by atoms with Crippen LogP contribution >= 0.6 is 0 Å². The van der Waals surface area contributed by atoms with Crippen molar-refractivity contribution in [2.75, 3.05) is 18.6 Å². The van der Waals surface area contributed by atoms with E-state index in [1.54, 1.807) is 7.11 Å². The summed E-state index contributed by atoms with van der Waals surface area (Å²) >= 11 is 0. The molecule has 4 nitrogen and oxygen atoms in total. The van der Waals surface area contributed by atoms with Gasteiger partial charge in [0.2, 0.25) is 0 Å². The number of rotatable bonds is 3. The van der Waals surface area contributed by atoms with Crippen LogP contribution in [-0.4, -0.2) is 18.6 Å². The topological polar surface area (TPSA) is 38.5 Å². The highest BCUT2D eigenvalue weighted by molar-refractivity contribution is 5.74. The molecule has 2 heterocycles. The maximum atomic E-state index is 5.94. The number of nitrogens with zero attached hydrogens (tertiary/aromatic N) is 2. The summed E-state index contributed by atoms with van der Waals surface area (Å²) in [6.07, 6.45) is 2.26. The lowest BCUT2D eigenvalue weighted by Gasteiger charge is -2.23. The van der Waals surface area contributed by atoms with Crippen molar-refractivity contribution >= 4 is 17.1 Å². The molecule has 3 aromatic rings. The molecule has 22 heavy (non-hydrogen) atoms. The Balaban J connectivity index is 1.67. The Kier molecular flexibility index (Phi) is 3.22. The molecule has 1 aromatic heterocycles. The smallest absolute Gasteiger partial charge is 0.298 e. The molecule has 1 aliphatic heterocycles. The molecule has 0 spiro atoms. The van der Waals surface area contributed by atoms with Crippen LogP contribution in [0.15, 0.2) is 52.9 Å². The highest BCUT2D eigenvalue weighted by Crippen LogP contribution is 2.37. The number of para-hydroxylation sites is 2. The first-order chi connectivity index (χ1) is 10.8. The lowest BCUT2D eigenvalue weighted by molar-refractivity contribution is 0.414. The van der Waals surface area contributed by atoms with Gasteiger partial charge in [-0.05, 0) is 42.7 Å². The Labute approximate surface area is 129 Å². The van der Waals surface area contributed by atoms with Crippen LogP contribution in [0.3, 0.4) is 0 Å². The Bertz CT molecular complexity index is 746. The maximum Gasteiger partial charge on any atom is 0.298 e. The lowest BCUT2D eigenvalue weighted by Crippen LogP contribution is -2.22. The third-order valence-corrected chi connectivity index (χ3v) is 4.28. The molecule has 1 saturated heterocycles. The number of ether oxygens (including phenoxy) is 1. The second-order valence-electron chi connectivity index (χ2n) is 5.59. The molecule has 0 aliphatic carbocycles. The standard InChI is InChI=1S/C18H18N2O2/c1-21-14-10-8-13(9-11-14)16-6-4-12-20(16)18-19-15-5-2-3-7-17(15)22-18/h2-3,5,7-11,16H,4,6,12H2,1H3/t16-/m0/s1. The highest BCUT2D eigenvalue weighted by atomic mass is 16.5. The van der Waals surface area contributed by atoms with Crippen molar-refractivity contribution in [1.29, 1.82) is 0 Å². The molecule has 2 aromatic carbocycles. The molecule has 1 aliphatic rings. The van der Waals surface area contributed by atoms with E-state index in [1.807, 2.05) is 36.4 Å². The summed E-state index contributed by atoms with van der Waals surface area (Å²) in [5.41, 5.74) is 3.04. The summed E-state index contributed by atoms with van der Waals surface area (Å²) in [5.74, 6) is 0.884. The van der Waals surface area contributed by atoms with Crippen LogP contribution in [0.5, 0.6) is 5.75 Å². The van der Waals surface area contributed by atoms with Crippen LogP contribution in [0.4, 0.5) is 6.01 Å². The van der Waals surface area contributed by atoms with Gasteiger partial charge in [0, 0.05) is 6.54 Å². The van der Waals surface area contributed by atoms with Crippen LogP contribution in [0.1, 0.15) is 24.4 Å². The van der Waals surface area contributed by atoms with E-state index in [1.165, 1.54) is 5.56 Å². The average Bonchev–Trinajstić information content (AvgIpc) is 3.21. The van der Waals surface area contributed by atoms with Gasteiger partial charge in [-0.2, -0.15) is 4.98 Å². The van der Waals surface area contributed by atoms with E-state index < -0.39 is 0 Å². The fraction of sp³-hybridized carbons (Fsp3) is 0.278. The molecule has 0 unspecified atom stereocenters. The Morgan fingerprint density at radius 1 is 1.14 bits per heavy atom. The lowest BCUT2D eigenvalue weighted by atomic mass is 10.0. The first-order valence-electron chi connectivity index (χ1n) is 7.61. The van der Waals surface area contributed by atoms with Crippen molar-refractivity contribution in [2.45, 2.75) is 18.9 Å². The Morgan fingerprint density at radius 2 is 1.95 bits per heavy atom. The van der Waals surface area contributed by atoms with Crippen LogP contribution in [0.25, 0.3) is 11.1 Å². The molecule has 1 fully saturated rings. The van der Waals surface area contributed by atoms with Crippen molar-refractivity contribution in [2.24, 2.45) is 0 Å². The van der Waals surface area contributed by atoms with E-state index in [0.29, 0.717) is 6.04 Å². The first kappa shape index (κ1) is 13.2. The molecular weight excluding hydrogens is 276 g/mol. The van der Waals surface area contributed by atoms with Gasteiger partial charge in [0.15, 0.2) is 5.58 Å². The quantitative estimate of drug-likeness (QED) is 0.726. The van der Waals surface area contributed by atoms with E-state index in [4.69, 9.17) is 9.15 Å². The zero-order chi connectivity index (χ0) is 14.9. The van der Waals surface area contributed by atoms with Gasteiger partial charge in [0.05, 0.1) is 13.2 Å². The molecule has 1 atom stereocenters. The van der Waals surface area contributed by atoms with Gasteiger partial charge in [0.1, 0.15) is 11.3 Å². The Morgan fingerprint density at radius 3 is 2.73 bits per heavy atom. The second-order valence-corrected chi connectivity index (χ2v) is 5.59. The number of hydrogen-bond donors (Lipinski definition) is 0. The first-order valence-corrected chi connectivity index (χ1v) is 7.61. The predicted octanol–water partition coefficient (Wildman–Crippen LogP) is 4.18. The Hall–Kier alpha value is -2.49. The molecule has 112 valence electrons. The normalized spacial score (nSPS) is 18.0. The average molecular weight is 294 g/mol. The molecule has 0 radical (unpaired) electrons. The molecule has 0 N–H and O–H groups in total. The van der Waals surface area contributed by atoms with E-state index in [0.717, 1.165) is 42.3 Å². The van der Waals surface area contributed by atoms with Gasteiger partial charge in [0.25, 0.3) is 6.01 Å². The largest absolute Gasteiger partial charge is 0.497 e. The van der Waals surface area contributed by atoms with Crippen molar-refractivity contribution in [3.8, 4) is 5.75 Å². The number of methoxy groups -OCH3 is 1. The summed E-state index contributed by atoms with van der Waals surface area (Å²) < 4.78 is 11.2. The summed E-state index contributed by atoms with van der Waals surface area (Å²) in [5, 5.41) is 0. The van der Waals surface area contributed by atoms with Crippen molar-refractivity contribution in [3.63, 3.8) is 0 Å². The summed E-state index contributed by atoms with van der Waals surface area (Å²) in [4.78, 5) is 6.90. The van der Waals surface area contributed by atoms with Gasteiger partial charge in [-0.25, -0.2) is 0 Å². The number of aromatic nitrogens is 1. The maximum absolute atomic E-state index is 5.94. The molecule has 4 heteroatoms. The minimum Gasteiger partial charge on any atom is -0.497 e. The number of benzene rings is 2. The third-order valence-electron chi connectivity index (χ3n) is 4.28. The molecular formula is C18H18N2O2. The van der Waals surface area contributed by atoms with Gasteiger partial charge < -0.3 is 14.1 Å². The minimum absolute atomic E-state index is 0.318. The number of oxazole rings is 1. The molecule has 0 saturated carbocycles. The second kappa shape index (κ2) is 5.37. The van der Waals surface area contributed by atoms with Gasteiger partial charge in [-0.3, -0.25) is 0 Å². The number of anilines is 1. The zero-order valence-corrected chi connectivity index (χ0v) is 12.5. The van der Waals surface area contributed by atoms with Gasteiger partial charge in [-0.15, -0.1) is 0 Å². The number of hydrogen-bond acceptors (Lipinski definition) is 4. The summed E-state index contributed by atoms with van der Waals surface area (Å²) in [7, 11) is 1.69. The third kappa shape index (κ3) is 2.21. The van der Waals surface area contributed by atoms with Crippen molar-refractivity contribution in [1.82, 2.24) is 4.98 Å². The van der Waals surface area contributed by atoms with Crippen molar-refractivity contribution in [3.05, 3.63) is 54.1 Å². The minimum atomic E-state index is 0.318. The number of fused-ring (bicyclic) bond motifs is 1. The van der Waals surface area contributed by atoms with Crippen LogP contribution < -0.4 is 9.64 Å². The van der Waals surface area contributed by atoms with E-state index in [-0.39, 0.29) is 0 Å². The molecule has 0 bridgehead atoms. The summed E-state index contributed by atoms with van der Waals surface area (Å²) in [6, 6.07) is 17.2. The molecule has 0 amide bonds. The van der Waals surface area contributed by atoms with Crippen LogP contribution in [0, 0.1) is 0 Å².